The molecule has 0 spiro atoms. The second kappa shape index (κ2) is 5.70. The van der Waals surface area contributed by atoms with Crippen LogP contribution < -0.4 is 0 Å². The van der Waals surface area contributed by atoms with Gasteiger partial charge in [0.25, 0.3) is 6.47 Å². The normalized spacial score (nSPS) is 13.4. The van der Waals surface area contributed by atoms with Crippen molar-refractivity contribution in [2.24, 2.45) is 5.41 Å². The Hall–Kier alpha value is -1.52. The second-order valence-electron chi connectivity index (χ2n) is 5.40. The Morgan fingerprint density at radius 2 is 2.29 bits per heavy atom. The molecular weight excluding hydrogens is 220 g/mol. The zero-order chi connectivity index (χ0) is 12.9. The molecule has 0 saturated heterocycles. The summed E-state index contributed by atoms with van der Waals surface area (Å²) in [4.78, 5) is 10.4. The molecule has 0 aliphatic carbocycles. The third-order valence-corrected chi connectivity index (χ3v) is 2.52. The van der Waals surface area contributed by atoms with Crippen LogP contribution in [0.3, 0.4) is 0 Å². The van der Waals surface area contributed by atoms with Gasteiger partial charge in [-0.1, -0.05) is 20.8 Å². The van der Waals surface area contributed by atoms with Crippen molar-refractivity contribution in [2.45, 2.75) is 46.1 Å². The molecule has 1 rings (SSSR count). The fourth-order valence-electron chi connectivity index (χ4n) is 1.58. The molecule has 0 saturated carbocycles. The summed E-state index contributed by atoms with van der Waals surface area (Å²) in [5.74, 6) is 0.0284. The molecule has 5 heteroatoms. The number of carbonyl (C=O) groups is 1. The number of nitrogens with one attached hydrogen (secondary N) is 1. The Morgan fingerprint density at radius 1 is 1.59 bits per heavy atom. The fraction of sp³-hybridized carbons (Fsp3) is 0.667. The topological polar surface area (TPSA) is 75.2 Å². The summed E-state index contributed by atoms with van der Waals surface area (Å²) in [6.45, 7) is 6.90. The van der Waals surface area contributed by atoms with E-state index >= 15 is 0 Å². The molecule has 1 aromatic rings. The minimum atomic E-state index is -0.186. The standard InChI is InChI=1S/C12H20N2O3/c1-12(2,3)5-4-10(17-8-15)6-9-7-11(16)14-13-9/h7-8,10H,4-6H2,1-3H3,(H2,13,14,16). The lowest BCUT2D eigenvalue weighted by Crippen LogP contribution is -2.19. The van der Waals surface area contributed by atoms with Gasteiger partial charge in [-0.25, -0.2) is 5.10 Å². The van der Waals surface area contributed by atoms with Gasteiger partial charge in [-0.2, -0.15) is 5.10 Å². The van der Waals surface area contributed by atoms with E-state index in [4.69, 9.17) is 9.84 Å². The van der Waals surface area contributed by atoms with Gasteiger partial charge in [-0.3, -0.25) is 4.79 Å². The van der Waals surface area contributed by atoms with Crippen molar-refractivity contribution in [3.8, 4) is 5.88 Å². The van der Waals surface area contributed by atoms with Gasteiger partial charge in [0.15, 0.2) is 0 Å². The van der Waals surface area contributed by atoms with E-state index in [-0.39, 0.29) is 17.4 Å². The van der Waals surface area contributed by atoms with Crippen LogP contribution in [0.15, 0.2) is 6.07 Å². The van der Waals surface area contributed by atoms with E-state index < -0.39 is 0 Å². The molecule has 0 aliphatic rings. The minimum absolute atomic E-state index is 0.0284. The van der Waals surface area contributed by atoms with E-state index in [0.29, 0.717) is 18.6 Å². The molecule has 0 aromatic carbocycles. The summed E-state index contributed by atoms with van der Waals surface area (Å²) < 4.78 is 5.03. The number of nitrogens with zero attached hydrogens (tertiary/aromatic N) is 1. The molecule has 17 heavy (non-hydrogen) atoms. The lowest BCUT2D eigenvalue weighted by Gasteiger charge is -2.21. The second-order valence-corrected chi connectivity index (χ2v) is 5.40. The molecule has 0 fully saturated rings. The predicted octanol–water partition coefficient (Wildman–Crippen LogP) is 2.03. The van der Waals surface area contributed by atoms with Crippen molar-refractivity contribution >= 4 is 6.47 Å². The molecule has 5 nitrogen and oxygen atoms in total. The number of aromatic nitrogens is 2. The molecule has 96 valence electrons. The van der Waals surface area contributed by atoms with Crippen molar-refractivity contribution in [1.29, 1.82) is 0 Å². The number of H-pyrrole nitrogens is 1. The summed E-state index contributed by atoms with van der Waals surface area (Å²) in [7, 11) is 0. The average molecular weight is 240 g/mol. The van der Waals surface area contributed by atoms with Gasteiger partial charge in [0.2, 0.25) is 5.88 Å². The molecule has 2 N–H and O–H groups in total. The van der Waals surface area contributed by atoms with Crippen molar-refractivity contribution in [3.05, 3.63) is 11.8 Å². The maximum absolute atomic E-state index is 10.4. The van der Waals surface area contributed by atoms with Gasteiger partial charge in [-0.15, -0.1) is 0 Å². The van der Waals surface area contributed by atoms with Crippen LogP contribution in [-0.2, 0) is 16.0 Å². The van der Waals surface area contributed by atoms with Crippen LogP contribution in [0.2, 0.25) is 0 Å². The van der Waals surface area contributed by atoms with Gasteiger partial charge in [0.05, 0.1) is 5.69 Å². The summed E-state index contributed by atoms with van der Waals surface area (Å²) >= 11 is 0. The van der Waals surface area contributed by atoms with Crippen molar-refractivity contribution < 1.29 is 14.6 Å². The van der Waals surface area contributed by atoms with Gasteiger partial charge in [-0.05, 0) is 18.3 Å². The monoisotopic (exact) mass is 240 g/mol. The maximum atomic E-state index is 10.4. The molecule has 0 bridgehead atoms. The number of rotatable bonds is 6. The minimum Gasteiger partial charge on any atom is -0.494 e. The Labute approximate surface area is 101 Å². The van der Waals surface area contributed by atoms with Crippen molar-refractivity contribution in [3.63, 3.8) is 0 Å². The van der Waals surface area contributed by atoms with Crippen LogP contribution >= 0.6 is 0 Å². The lowest BCUT2D eigenvalue weighted by atomic mass is 9.88. The summed E-state index contributed by atoms with van der Waals surface area (Å²) in [5.41, 5.74) is 0.904. The highest BCUT2D eigenvalue weighted by molar-refractivity contribution is 5.37. The van der Waals surface area contributed by atoms with Gasteiger partial charge in [0.1, 0.15) is 6.10 Å². The quantitative estimate of drug-likeness (QED) is 0.746. The molecule has 1 atom stereocenters. The Bertz CT molecular complexity index is 355. The number of hydrogen-bond donors (Lipinski definition) is 2. The molecule has 1 aromatic heterocycles. The van der Waals surface area contributed by atoms with Crippen molar-refractivity contribution in [1.82, 2.24) is 10.2 Å². The first kappa shape index (κ1) is 13.5. The first-order chi connectivity index (χ1) is 7.90. The van der Waals surface area contributed by atoms with Crippen LogP contribution in [0, 0.1) is 5.41 Å². The first-order valence-corrected chi connectivity index (χ1v) is 5.73. The zero-order valence-corrected chi connectivity index (χ0v) is 10.6. The van der Waals surface area contributed by atoms with Crippen molar-refractivity contribution in [2.75, 3.05) is 0 Å². The van der Waals surface area contributed by atoms with E-state index in [9.17, 15) is 4.79 Å². The van der Waals surface area contributed by atoms with Crippen LogP contribution in [0.25, 0.3) is 0 Å². The highest BCUT2D eigenvalue weighted by atomic mass is 16.5. The first-order valence-electron chi connectivity index (χ1n) is 5.73. The van der Waals surface area contributed by atoms with Gasteiger partial charge < -0.3 is 9.84 Å². The van der Waals surface area contributed by atoms with Gasteiger partial charge >= 0.3 is 0 Å². The zero-order valence-electron chi connectivity index (χ0n) is 10.6. The summed E-state index contributed by atoms with van der Waals surface area (Å²) in [6, 6.07) is 1.54. The number of hydrogen-bond acceptors (Lipinski definition) is 4. The highest BCUT2D eigenvalue weighted by Crippen LogP contribution is 2.23. The maximum Gasteiger partial charge on any atom is 0.293 e. The molecule has 1 heterocycles. The van der Waals surface area contributed by atoms with Crippen LogP contribution in [0.1, 0.15) is 39.3 Å². The SMILES string of the molecule is CC(C)(C)CCC(Cc1cc(O)[nH]n1)OC=O. The lowest BCUT2D eigenvalue weighted by molar-refractivity contribution is -0.134. The van der Waals surface area contributed by atoms with Crippen LogP contribution in [0.5, 0.6) is 5.88 Å². The molecule has 0 amide bonds. The Kier molecular flexibility index (Phi) is 4.54. The van der Waals surface area contributed by atoms with E-state index in [1.165, 1.54) is 6.07 Å². The largest absolute Gasteiger partial charge is 0.494 e. The number of aromatic amines is 1. The summed E-state index contributed by atoms with van der Waals surface area (Å²) in [6.07, 6.45) is 2.08. The molecule has 1 unspecified atom stereocenters. The molecular formula is C12H20N2O3. The third-order valence-electron chi connectivity index (χ3n) is 2.52. The Morgan fingerprint density at radius 3 is 2.76 bits per heavy atom. The van der Waals surface area contributed by atoms with Crippen LogP contribution in [-0.4, -0.2) is 27.9 Å². The fourth-order valence-corrected chi connectivity index (χ4v) is 1.58. The average Bonchev–Trinajstić information content (AvgIpc) is 2.60. The van der Waals surface area contributed by atoms with E-state index in [1.54, 1.807) is 0 Å². The smallest absolute Gasteiger partial charge is 0.293 e. The third kappa shape index (κ3) is 5.38. The van der Waals surface area contributed by atoms with E-state index in [1.807, 2.05) is 0 Å². The number of aromatic hydroxyl groups is 1. The molecule has 0 aliphatic heterocycles. The van der Waals surface area contributed by atoms with E-state index in [2.05, 4.69) is 31.0 Å². The Balaban J connectivity index is 2.51. The van der Waals surface area contributed by atoms with Crippen LogP contribution in [0.4, 0.5) is 0 Å². The summed E-state index contributed by atoms with van der Waals surface area (Å²) in [5, 5.41) is 15.5. The number of carbonyl (C=O) groups excluding carboxylic acids is 1. The predicted molar refractivity (Wildman–Crippen MR) is 63.6 cm³/mol. The highest BCUT2D eigenvalue weighted by Gasteiger charge is 2.17. The van der Waals surface area contributed by atoms with E-state index in [0.717, 1.165) is 12.8 Å². The van der Waals surface area contributed by atoms with Gasteiger partial charge in [0, 0.05) is 12.5 Å². The molecule has 0 radical (unpaired) electrons. The number of ether oxygens (including phenoxy) is 1.